The lowest BCUT2D eigenvalue weighted by Crippen LogP contribution is -2.46. The highest BCUT2D eigenvalue weighted by molar-refractivity contribution is 5.78. The highest BCUT2D eigenvalue weighted by Gasteiger charge is 2.40. The van der Waals surface area contributed by atoms with Crippen molar-refractivity contribution in [2.24, 2.45) is 0 Å². The molecule has 0 bridgehead atoms. The molecule has 0 radical (unpaired) electrons. The van der Waals surface area contributed by atoms with Gasteiger partial charge >= 0.3 is 0 Å². The van der Waals surface area contributed by atoms with Crippen LogP contribution in [0.25, 0.3) is 0 Å². The number of carbonyl (C=O) groups is 1. The summed E-state index contributed by atoms with van der Waals surface area (Å²) in [7, 11) is 0. The van der Waals surface area contributed by atoms with E-state index in [1.165, 1.54) is 0 Å². The normalized spacial score (nSPS) is 33.2. The molecule has 0 aromatic carbocycles. The van der Waals surface area contributed by atoms with Crippen molar-refractivity contribution in [3.63, 3.8) is 0 Å². The number of ether oxygens (including phenoxy) is 2. The van der Waals surface area contributed by atoms with Crippen LogP contribution in [0.2, 0.25) is 0 Å². The highest BCUT2D eigenvalue weighted by Crippen LogP contribution is 2.35. The first kappa shape index (κ1) is 11.4. The minimum Gasteiger partial charge on any atom is -0.354 e. The van der Waals surface area contributed by atoms with Crippen LogP contribution >= 0.6 is 0 Å². The molecule has 1 saturated carbocycles. The Morgan fingerprint density at radius 2 is 1.88 bits per heavy atom. The van der Waals surface area contributed by atoms with Crippen molar-refractivity contribution in [2.75, 3.05) is 19.8 Å². The van der Waals surface area contributed by atoms with Gasteiger partial charge in [-0.05, 0) is 12.8 Å². The maximum atomic E-state index is 11.1. The van der Waals surface area contributed by atoms with Crippen molar-refractivity contribution in [1.29, 1.82) is 0 Å². The van der Waals surface area contributed by atoms with Crippen molar-refractivity contribution in [3.8, 4) is 0 Å². The second-order valence-corrected chi connectivity index (χ2v) is 5.25. The van der Waals surface area contributed by atoms with E-state index in [9.17, 15) is 4.79 Å². The van der Waals surface area contributed by atoms with Gasteiger partial charge in [0.05, 0.1) is 13.2 Å². The van der Waals surface area contributed by atoms with Crippen molar-refractivity contribution in [2.45, 2.75) is 50.0 Å². The summed E-state index contributed by atoms with van der Waals surface area (Å²) in [4.78, 5) is 11.1. The summed E-state index contributed by atoms with van der Waals surface area (Å²) in [6, 6.07) is 0.818. The summed E-state index contributed by atoms with van der Waals surface area (Å²) < 4.78 is 11.4. The van der Waals surface area contributed by atoms with Gasteiger partial charge in [0.15, 0.2) is 5.79 Å². The van der Waals surface area contributed by atoms with Gasteiger partial charge in [-0.2, -0.15) is 0 Å². The van der Waals surface area contributed by atoms with Gasteiger partial charge in [-0.15, -0.1) is 0 Å². The molecule has 5 heteroatoms. The van der Waals surface area contributed by atoms with Crippen molar-refractivity contribution in [3.05, 3.63) is 0 Å². The molecule has 2 saturated heterocycles. The van der Waals surface area contributed by atoms with E-state index in [-0.39, 0.29) is 11.7 Å². The predicted molar refractivity (Wildman–Crippen MR) is 61.4 cm³/mol. The second-order valence-electron chi connectivity index (χ2n) is 5.25. The smallest absolute Gasteiger partial charge is 0.221 e. The number of rotatable bonds is 2. The fourth-order valence-electron chi connectivity index (χ4n) is 3.07. The lowest BCUT2D eigenvalue weighted by atomic mass is 9.89. The number of hydrogen-bond acceptors (Lipinski definition) is 4. The summed E-state index contributed by atoms with van der Waals surface area (Å²) >= 11 is 0. The van der Waals surface area contributed by atoms with Crippen LogP contribution in [0.5, 0.6) is 0 Å². The zero-order valence-corrected chi connectivity index (χ0v) is 10.0. The Morgan fingerprint density at radius 1 is 1.18 bits per heavy atom. The molecule has 1 aliphatic carbocycles. The Bertz CT molecular complexity index is 292. The van der Waals surface area contributed by atoms with Gasteiger partial charge in [-0.1, -0.05) is 0 Å². The van der Waals surface area contributed by atoms with Crippen LogP contribution < -0.4 is 10.6 Å². The average molecular weight is 240 g/mol. The summed E-state index contributed by atoms with van der Waals surface area (Å²) in [6.07, 6.45) is 4.71. The van der Waals surface area contributed by atoms with Gasteiger partial charge in [0, 0.05) is 37.9 Å². The Balaban J connectivity index is 1.46. The molecule has 0 aromatic rings. The molecular weight excluding hydrogens is 220 g/mol. The van der Waals surface area contributed by atoms with E-state index in [4.69, 9.17) is 9.47 Å². The van der Waals surface area contributed by atoms with Crippen LogP contribution in [0.3, 0.4) is 0 Å². The highest BCUT2D eigenvalue weighted by atomic mass is 16.7. The first-order valence-electron chi connectivity index (χ1n) is 6.56. The molecule has 5 nitrogen and oxygen atoms in total. The zero-order chi connectivity index (χ0) is 11.7. The predicted octanol–water partition coefficient (Wildman–Crippen LogP) is 0.150. The Kier molecular flexibility index (Phi) is 3.06. The minimum atomic E-state index is -0.276. The van der Waals surface area contributed by atoms with Crippen molar-refractivity contribution < 1.29 is 14.3 Å². The van der Waals surface area contributed by atoms with Crippen LogP contribution in [0.1, 0.15) is 32.1 Å². The second kappa shape index (κ2) is 4.55. The van der Waals surface area contributed by atoms with Crippen LogP contribution in [0.15, 0.2) is 0 Å². The maximum absolute atomic E-state index is 11.1. The fraction of sp³-hybridized carbons (Fsp3) is 0.917. The molecule has 96 valence electrons. The molecule has 1 atom stereocenters. The quantitative estimate of drug-likeness (QED) is 0.721. The molecule has 0 aromatic heterocycles. The van der Waals surface area contributed by atoms with E-state index in [1.807, 2.05) is 0 Å². The molecule has 3 rings (SSSR count). The minimum absolute atomic E-state index is 0.164. The molecule has 1 unspecified atom stereocenters. The molecule has 17 heavy (non-hydrogen) atoms. The summed E-state index contributed by atoms with van der Waals surface area (Å²) in [6.45, 7) is 2.24. The molecule has 2 N–H and O–H groups in total. The van der Waals surface area contributed by atoms with Gasteiger partial charge < -0.3 is 20.1 Å². The Morgan fingerprint density at radius 3 is 2.47 bits per heavy atom. The van der Waals surface area contributed by atoms with Crippen LogP contribution in [0, 0.1) is 0 Å². The lowest BCUT2D eigenvalue weighted by molar-refractivity contribution is -0.179. The Labute approximate surface area is 101 Å². The van der Waals surface area contributed by atoms with Crippen molar-refractivity contribution in [1.82, 2.24) is 10.6 Å². The molecule has 2 aliphatic heterocycles. The fourth-order valence-corrected chi connectivity index (χ4v) is 3.07. The van der Waals surface area contributed by atoms with Crippen LogP contribution in [0.4, 0.5) is 0 Å². The third kappa shape index (κ3) is 2.46. The average Bonchev–Trinajstić information content (AvgIpc) is 2.93. The summed E-state index contributed by atoms with van der Waals surface area (Å²) in [5.41, 5.74) is 0. The van der Waals surface area contributed by atoms with E-state index < -0.39 is 0 Å². The molecule has 1 amide bonds. The first-order chi connectivity index (χ1) is 8.26. The molecule has 3 fully saturated rings. The number of amides is 1. The third-order valence-electron chi connectivity index (χ3n) is 4.01. The van der Waals surface area contributed by atoms with Gasteiger partial charge in [0.25, 0.3) is 0 Å². The number of hydrogen-bond donors (Lipinski definition) is 2. The molecule has 1 spiro atoms. The number of nitrogens with one attached hydrogen (secondary N) is 2. The van der Waals surface area contributed by atoms with Gasteiger partial charge in [0.1, 0.15) is 0 Å². The number of carbonyl (C=O) groups excluding carboxylic acids is 1. The van der Waals surface area contributed by atoms with Gasteiger partial charge in [0.2, 0.25) is 5.91 Å². The van der Waals surface area contributed by atoms with Crippen LogP contribution in [-0.2, 0) is 14.3 Å². The first-order valence-corrected chi connectivity index (χ1v) is 6.56. The monoisotopic (exact) mass is 240 g/mol. The van der Waals surface area contributed by atoms with E-state index in [0.717, 1.165) is 45.4 Å². The Hall–Kier alpha value is -0.650. The van der Waals surface area contributed by atoms with E-state index in [1.54, 1.807) is 0 Å². The molecule has 3 aliphatic rings. The van der Waals surface area contributed by atoms with E-state index in [2.05, 4.69) is 10.6 Å². The zero-order valence-electron chi connectivity index (χ0n) is 10.0. The SMILES string of the molecule is O=C1CC(NC2CCC3(CC2)OCCO3)CN1. The maximum Gasteiger partial charge on any atom is 0.221 e. The summed E-state index contributed by atoms with van der Waals surface area (Å²) in [5.74, 6) is -0.112. The van der Waals surface area contributed by atoms with Crippen molar-refractivity contribution >= 4 is 5.91 Å². The molecular formula is C12H20N2O3. The van der Waals surface area contributed by atoms with E-state index >= 15 is 0 Å². The van der Waals surface area contributed by atoms with Gasteiger partial charge in [-0.3, -0.25) is 4.79 Å². The molecule has 2 heterocycles. The van der Waals surface area contributed by atoms with Crippen LogP contribution in [-0.4, -0.2) is 43.5 Å². The van der Waals surface area contributed by atoms with Gasteiger partial charge in [-0.25, -0.2) is 0 Å². The van der Waals surface area contributed by atoms with E-state index in [0.29, 0.717) is 18.5 Å². The summed E-state index contributed by atoms with van der Waals surface area (Å²) in [5, 5.41) is 6.42. The largest absolute Gasteiger partial charge is 0.354 e. The third-order valence-corrected chi connectivity index (χ3v) is 4.01. The standard InChI is InChI=1S/C12H20N2O3/c15-11-7-10(8-13-11)14-9-1-3-12(4-2-9)16-5-6-17-12/h9-10,14H,1-8H2,(H,13,15). The lowest BCUT2D eigenvalue weighted by Gasteiger charge is -2.36. The topological polar surface area (TPSA) is 59.6 Å².